The lowest BCUT2D eigenvalue weighted by molar-refractivity contribution is -0.131. The fourth-order valence-corrected chi connectivity index (χ4v) is 2.08. The van der Waals surface area contributed by atoms with Gasteiger partial charge in [-0.25, -0.2) is 0 Å². The van der Waals surface area contributed by atoms with E-state index in [0.717, 1.165) is 11.1 Å². The molecule has 2 N–H and O–H groups in total. The second-order valence-corrected chi connectivity index (χ2v) is 4.85. The fraction of sp³-hybridized carbons (Fsp3) is 0.250. The minimum Gasteiger partial charge on any atom is -0.340 e. The number of hydrogen-bond acceptors (Lipinski definition) is 3. The van der Waals surface area contributed by atoms with Gasteiger partial charge in [0.2, 0.25) is 5.91 Å². The number of carbonyl (C=O) groups excluding carboxylic acids is 1. The smallest absolute Gasteiger partial charge is 0.239 e. The average molecular weight is 269 g/mol. The number of likely N-dealkylation sites (N-methyl/N-ethyl adjacent to an activating group) is 1. The Morgan fingerprint density at radius 3 is 2.55 bits per heavy atom. The summed E-state index contributed by atoms with van der Waals surface area (Å²) < 4.78 is 0. The van der Waals surface area contributed by atoms with Gasteiger partial charge >= 0.3 is 0 Å². The van der Waals surface area contributed by atoms with Crippen LogP contribution >= 0.6 is 0 Å². The molecule has 1 aromatic carbocycles. The number of carbonyl (C=O) groups is 1. The van der Waals surface area contributed by atoms with Crippen LogP contribution in [0.5, 0.6) is 0 Å². The van der Waals surface area contributed by atoms with Gasteiger partial charge in [0.1, 0.15) is 0 Å². The lowest BCUT2D eigenvalue weighted by Crippen LogP contribution is -2.42. The van der Waals surface area contributed by atoms with Gasteiger partial charge in [0.25, 0.3) is 0 Å². The molecule has 2 rings (SSSR count). The highest BCUT2D eigenvalue weighted by Crippen LogP contribution is 2.06. The van der Waals surface area contributed by atoms with Crippen LogP contribution in [0.1, 0.15) is 11.1 Å². The molecule has 1 heterocycles. The van der Waals surface area contributed by atoms with Crippen molar-refractivity contribution in [3.8, 4) is 0 Å². The molecule has 1 amide bonds. The third kappa shape index (κ3) is 3.90. The third-order valence-electron chi connectivity index (χ3n) is 3.13. The van der Waals surface area contributed by atoms with Crippen molar-refractivity contribution in [3.63, 3.8) is 0 Å². The SMILES string of the molecule is CN(Cc1ccccc1)C(=O)[C@@H](N)Cc1cccnc1. The zero-order chi connectivity index (χ0) is 14.4. The van der Waals surface area contributed by atoms with Crippen molar-refractivity contribution < 1.29 is 4.79 Å². The molecule has 0 bridgehead atoms. The Bertz CT molecular complexity index is 493. The molecule has 104 valence electrons. The molecular formula is C16H19N3O. The van der Waals surface area contributed by atoms with Crippen LogP contribution in [0.25, 0.3) is 0 Å². The van der Waals surface area contributed by atoms with Crippen LogP contribution < -0.4 is 5.73 Å². The van der Waals surface area contributed by atoms with Gasteiger partial charge < -0.3 is 10.6 Å². The summed E-state index contributed by atoms with van der Waals surface area (Å²) >= 11 is 0. The van der Waals surface area contributed by atoms with Crippen LogP contribution in [0.15, 0.2) is 54.9 Å². The summed E-state index contributed by atoms with van der Waals surface area (Å²) in [7, 11) is 1.78. The number of amides is 1. The number of rotatable bonds is 5. The summed E-state index contributed by atoms with van der Waals surface area (Å²) in [4.78, 5) is 17.9. The van der Waals surface area contributed by atoms with E-state index in [1.54, 1.807) is 24.3 Å². The maximum Gasteiger partial charge on any atom is 0.239 e. The fourth-order valence-electron chi connectivity index (χ4n) is 2.08. The average Bonchev–Trinajstić information content (AvgIpc) is 2.48. The first-order valence-corrected chi connectivity index (χ1v) is 6.60. The number of hydrogen-bond donors (Lipinski definition) is 1. The molecule has 1 atom stereocenters. The molecule has 0 radical (unpaired) electrons. The van der Waals surface area contributed by atoms with Gasteiger partial charge in [-0.3, -0.25) is 9.78 Å². The summed E-state index contributed by atoms with van der Waals surface area (Å²) in [5.74, 6) is -0.0577. The van der Waals surface area contributed by atoms with Crippen molar-refractivity contribution >= 4 is 5.91 Å². The van der Waals surface area contributed by atoms with Crippen LogP contribution in [0.3, 0.4) is 0 Å². The zero-order valence-electron chi connectivity index (χ0n) is 11.6. The van der Waals surface area contributed by atoms with Crippen LogP contribution in [0.2, 0.25) is 0 Å². The van der Waals surface area contributed by atoms with Crippen molar-refractivity contribution in [1.29, 1.82) is 0 Å². The highest BCUT2D eigenvalue weighted by Gasteiger charge is 2.18. The molecule has 0 fully saturated rings. The Balaban J connectivity index is 1.93. The molecule has 4 nitrogen and oxygen atoms in total. The van der Waals surface area contributed by atoms with E-state index in [1.807, 2.05) is 42.5 Å². The lowest BCUT2D eigenvalue weighted by Gasteiger charge is -2.21. The minimum atomic E-state index is -0.534. The summed E-state index contributed by atoms with van der Waals surface area (Å²) in [6.45, 7) is 0.570. The highest BCUT2D eigenvalue weighted by atomic mass is 16.2. The molecule has 0 aliphatic heterocycles. The van der Waals surface area contributed by atoms with E-state index < -0.39 is 6.04 Å². The first kappa shape index (κ1) is 14.2. The van der Waals surface area contributed by atoms with E-state index >= 15 is 0 Å². The number of nitrogens with two attached hydrogens (primary N) is 1. The predicted molar refractivity (Wildman–Crippen MR) is 78.8 cm³/mol. The third-order valence-corrected chi connectivity index (χ3v) is 3.13. The summed E-state index contributed by atoms with van der Waals surface area (Å²) in [5, 5.41) is 0. The predicted octanol–water partition coefficient (Wildman–Crippen LogP) is 1.61. The Labute approximate surface area is 119 Å². The van der Waals surface area contributed by atoms with E-state index in [2.05, 4.69) is 4.98 Å². The monoisotopic (exact) mass is 269 g/mol. The van der Waals surface area contributed by atoms with Crippen molar-refractivity contribution in [1.82, 2.24) is 9.88 Å². The van der Waals surface area contributed by atoms with E-state index in [1.165, 1.54) is 0 Å². The Kier molecular flexibility index (Phi) is 4.85. The topological polar surface area (TPSA) is 59.2 Å². The molecule has 0 aliphatic carbocycles. The maximum atomic E-state index is 12.2. The van der Waals surface area contributed by atoms with Gasteiger partial charge in [-0.1, -0.05) is 36.4 Å². The molecule has 4 heteroatoms. The second-order valence-electron chi connectivity index (χ2n) is 4.85. The highest BCUT2D eigenvalue weighted by molar-refractivity contribution is 5.81. The van der Waals surface area contributed by atoms with Crippen molar-refractivity contribution in [2.24, 2.45) is 5.73 Å². The summed E-state index contributed by atoms with van der Waals surface area (Å²) in [6.07, 6.45) is 3.95. The molecular weight excluding hydrogens is 250 g/mol. The normalized spacial score (nSPS) is 11.9. The Morgan fingerprint density at radius 2 is 1.90 bits per heavy atom. The standard InChI is InChI=1S/C16H19N3O/c1-19(12-13-6-3-2-4-7-13)16(20)15(17)10-14-8-5-9-18-11-14/h2-9,11,15H,10,12,17H2,1H3/t15-/m0/s1. The van der Waals surface area contributed by atoms with Gasteiger partial charge in [0.15, 0.2) is 0 Å². The maximum absolute atomic E-state index is 12.2. The first-order chi connectivity index (χ1) is 9.66. The quantitative estimate of drug-likeness (QED) is 0.897. The van der Waals surface area contributed by atoms with Crippen molar-refractivity contribution in [2.45, 2.75) is 19.0 Å². The van der Waals surface area contributed by atoms with E-state index in [9.17, 15) is 4.79 Å². The molecule has 0 spiro atoms. The van der Waals surface area contributed by atoms with Crippen molar-refractivity contribution in [3.05, 3.63) is 66.0 Å². The lowest BCUT2D eigenvalue weighted by atomic mass is 10.1. The van der Waals surface area contributed by atoms with Crippen LogP contribution in [0.4, 0.5) is 0 Å². The van der Waals surface area contributed by atoms with E-state index in [4.69, 9.17) is 5.73 Å². The van der Waals surface area contributed by atoms with Crippen LogP contribution in [-0.4, -0.2) is 28.9 Å². The molecule has 0 unspecified atom stereocenters. The van der Waals surface area contributed by atoms with Gasteiger partial charge in [-0.15, -0.1) is 0 Å². The van der Waals surface area contributed by atoms with Crippen LogP contribution in [0, 0.1) is 0 Å². The molecule has 0 aliphatic rings. The minimum absolute atomic E-state index is 0.0577. The first-order valence-electron chi connectivity index (χ1n) is 6.60. The number of benzene rings is 1. The molecule has 1 aromatic heterocycles. The van der Waals surface area contributed by atoms with Gasteiger partial charge in [-0.2, -0.15) is 0 Å². The number of pyridine rings is 1. The second kappa shape index (κ2) is 6.82. The summed E-state index contributed by atoms with van der Waals surface area (Å²) in [6, 6.07) is 13.1. The van der Waals surface area contributed by atoms with Gasteiger partial charge in [-0.05, 0) is 23.6 Å². The molecule has 2 aromatic rings. The molecule has 0 saturated heterocycles. The zero-order valence-corrected chi connectivity index (χ0v) is 11.6. The van der Waals surface area contributed by atoms with E-state index in [-0.39, 0.29) is 5.91 Å². The number of nitrogens with zero attached hydrogens (tertiary/aromatic N) is 2. The van der Waals surface area contributed by atoms with Crippen molar-refractivity contribution in [2.75, 3.05) is 7.05 Å². The summed E-state index contributed by atoms with van der Waals surface area (Å²) in [5.41, 5.74) is 8.05. The molecule has 0 saturated carbocycles. The Hall–Kier alpha value is -2.20. The van der Waals surface area contributed by atoms with Gasteiger partial charge in [0, 0.05) is 26.0 Å². The molecule has 20 heavy (non-hydrogen) atoms. The number of aromatic nitrogens is 1. The Morgan fingerprint density at radius 1 is 1.20 bits per heavy atom. The van der Waals surface area contributed by atoms with Gasteiger partial charge in [0.05, 0.1) is 6.04 Å². The van der Waals surface area contributed by atoms with Crippen LogP contribution in [-0.2, 0) is 17.8 Å². The largest absolute Gasteiger partial charge is 0.340 e. The van der Waals surface area contributed by atoms with E-state index in [0.29, 0.717) is 13.0 Å².